The first-order chi connectivity index (χ1) is 11.3. The highest BCUT2D eigenvalue weighted by atomic mass is 19.4. The van der Waals surface area contributed by atoms with Crippen LogP contribution in [0, 0.1) is 0 Å². The van der Waals surface area contributed by atoms with Crippen LogP contribution >= 0.6 is 0 Å². The van der Waals surface area contributed by atoms with Crippen LogP contribution in [0.1, 0.15) is 41.3 Å². The largest absolute Gasteiger partial charge is 0.416 e. The number of hydrogen-bond donors (Lipinski definition) is 1. The third-order valence-electron chi connectivity index (χ3n) is 4.15. The lowest BCUT2D eigenvalue weighted by atomic mass is 9.99. The Morgan fingerprint density at radius 1 is 1.04 bits per heavy atom. The highest BCUT2D eigenvalue weighted by molar-refractivity contribution is 6.05. The molecule has 3 rings (SSSR count). The molecule has 24 heavy (non-hydrogen) atoms. The molecule has 124 valence electrons. The summed E-state index contributed by atoms with van der Waals surface area (Å²) in [5.41, 5.74) is 2.77. The molecule has 1 heterocycles. The van der Waals surface area contributed by atoms with E-state index in [-0.39, 0.29) is 5.92 Å². The Kier molecular flexibility index (Phi) is 3.95. The van der Waals surface area contributed by atoms with Gasteiger partial charge in [0.15, 0.2) is 6.29 Å². The fourth-order valence-electron chi connectivity index (χ4n) is 2.92. The first-order valence-electron chi connectivity index (χ1n) is 7.60. The molecule has 3 aromatic rings. The summed E-state index contributed by atoms with van der Waals surface area (Å²) in [6.07, 6.45) is -3.63. The molecule has 1 aromatic heterocycles. The van der Waals surface area contributed by atoms with Gasteiger partial charge in [0.2, 0.25) is 0 Å². The number of fused-ring (bicyclic) bond motifs is 1. The number of carbonyl (C=O) groups excluding carboxylic acids is 1. The van der Waals surface area contributed by atoms with Crippen LogP contribution in [0.3, 0.4) is 0 Å². The number of para-hydroxylation sites is 1. The van der Waals surface area contributed by atoms with Gasteiger partial charge in [-0.2, -0.15) is 13.2 Å². The highest BCUT2D eigenvalue weighted by Crippen LogP contribution is 2.35. The Bertz CT molecular complexity index is 889. The minimum absolute atomic E-state index is 0.257. The zero-order valence-electron chi connectivity index (χ0n) is 13.2. The second-order valence-corrected chi connectivity index (χ2v) is 6.03. The summed E-state index contributed by atoms with van der Waals surface area (Å²) in [7, 11) is 0. The van der Waals surface area contributed by atoms with Crippen LogP contribution < -0.4 is 0 Å². The zero-order chi connectivity index (χ0) is 17.5. The van der Waals surface area contributed by atoms with Crippen LogP contribution in [-0.2, 0) is 6.18 Å². The number of aldehydes is 1. The van der Waals surface area contributed by atoms with Gasteiger partial charge in [0.25, 0.3) is 0 Å². The molecule has 0 saturated heterocycles. The summed E-state index contributed by atoms with van der Waals surface area (Å²) >= 11 is 0. The second-order valence-electron chi connectivity index (χ2n) is 6.03. The number of hydrogen-bond acceptors (Lipinski definition) is 1. The van der Waals surface area contributed by atoms with Crippen LogP contribution in [-0.4, -0.2) is 11.3 Å². The molecule has 0 spiro atoms. The number of carbonyl (C=O) groups is 1. The van der Waals surface area contributed by atoms with Crippen molar-refractivity contribution in [2.75, 3.05) is 0 Å². The van der Waals surface area contributed by atoms with Crippen LogP contribution in [0.5, 0.6) is 0 Å². The summed E-state index contributed by atoms with van der Waals surface area (Å²) < 4.78 is 38.1. The second kappa shape index (κ2) is 5.82. The van der Waals surface area contributed by atoms with Crippen molar-refractivity contribution >= 4 is 17.2 Å². The Labute approximate surface area is 137 Å². The number of alkyl halides is 3. The van der Waals surface area contributed by atoms with E-state index in [2.05, 4.69) is 4.98 Å². The maximum Gasteiger partial charge on any atom is 0.416 e. The third kappa shape index (κ3) is 2.70. The van der Waals surface area contributed by atoms with E-state index in [9.17, 15) is 18.0 Å². The van der Waals surface area contributed by atoms with Gasteiger partial charge in [-0.25, -0.2) is 0 Å². The van der Waals surface area contributed by atoms with Crippen molar-refractivity contribution in [2.24, 2.45) is 0 Å². The normalized spacial score (nSPS) is 12.1. The monoisotopic (exact) mass is 331 g/mol. The van der Waals surface area contributed by atoms with Crippen LogP contribution in [0.4, 0.5) is 13.2 Å². The molecule has 0 radical (unpaired) electrons. The average molecular weight is 331 g/mol. The fraction of sp³-hybridized carbons (Fsp3) is 0.211. The van der Waals surface area contributed by atoms with Crippen molar-refractivity contribution in [3.05, 3.63) is 59.2 Å². The van der Waals surface area contributed by atoms with Gasteiger partial charge in [-0.15, -0.1) is 0 Å². The Balaban J connectivity index is 2.19. The smallest absolute Gasteiger partial charge is 0.354 e. The van der Waals surface area contributed by atoms with E-state index in [1.165, 1.54) is 12.1 Å². The van der Waals surface area contributed by atoms with Crippen molar-refractivity contribution in [3.8, 4) is 11.3 Å². The van der Waals surface area contributed by atoms with Gasteiger partial charge in [0.1, 0.15) is 0 Å². The molecule has 0 saturated carbocycles. The van der Waals surface area contributed by atoms with Crippen molar-refractivity contribution in [3.63, 3.8) is 0 Å². The minimum atomic E-state index is -4.38. The van der Waals surface area contributed by atoms with Gasteiger partial charge in [0.05, 0.1) is 16.8 Å². The Hall–Kier alpha value is -2.56. The standard InChI is InChI=1S/C19H16F3NO/c1-11(2)14-4-3-5-15-16(10-24)17(23-18(14)15)12-6-8-13(9-7-12)19(20,21)22/h3-11,23H,1-2H3. The molecule has 0 atom stereocenters. The van der Waals surface area contributed by atoms with E-state index in [1.807, 2.05) is 32.0 Å². The molecule has 2 aromatic carbocycles. The van der Waals surface area contributed by atoms with Crippen molar-refractivity contribution in [2.45, 2.75) is 25.9 Å². The molecule has 0 amide bonds. The first-order valence-corrected chi connectivity index (χ1v) is 7.60. The van der Waals surface area contributed by atoms with Crippen LogP contribution in [0.25, 0.3) is 22.2 Å². The summed E-state index contributed by atoms with van der Waals surface area (Å²) in [5, 5.41) is 0.783. The third-order valence-corrected chi connectivity index (χ3v) is 4.15. The predicted octanol–water partition coefficient (Wildman–Crippen LogP) is 5.79. The van der Waals surface area contributed by atoms with Gasteiger partial charge in [-0.05, 0) is 29.2 Å². The topological polar surface area (TPSA) is 32.9 Å². The van der Waals surface area contributed by atoms with E-state index >= 15 is 0 Å². The maximum absolute atomic E-state index is 12.7. The van der Waals surface area contributed by atoms with Crippen LogP contribution in [0.2, 0.25) is 0 Å². The van der Waals surface area contributed by atoms with Crippen LogP contribution in [0.15, 0.2) is 42.5 Å². The Morgan fingerprint density at radius 2 is 1.71 bits per heavy atom. The first kappa shape index (κ1) is 16.3. The molecule has 0 bridgehead atoms. The average Bonchev–Trinajstić information content (AvgIpc) is 2.92. The number of rotatable bonds is 3. The van der Waals surface area contributed by atoms with E-state index in [1.54, 1.807) is 0 Å². The minimum Gasteiger partial charge on any atom is -0.354 e. The van der Waals surface area contributed by atoms with Gasteiger partial charge < -0.3 is 4.98 Å². The maximum atomic E-state index is 12.7. The SMILES string of the molecule is CC(C)c1cccc2c(C=O)c(-c3ccc(C(F)(F)F)cc3)[nH]c12. The van der Waals surface area contributed by atoms with Gasteiger partial charge in [0, 0.05) is 10.9 Å². The molecular formula is C19H16F3NO. The highest BCUT2D eigenvalue weighted by Gasteiger charge is 2.30. The Morgan fingerprint density at radius 3 is 2.25 bits per heavy atom. The summed E-state index contributed by atoms with van der Waals surface area (Å²) in [6, 6.07) is 10.5. The quantitative estimate of drug-likeness (QED) is 0.605. The molecule has 0 aliphatic rings. The van der Waals surface area contributed by atoms with E-state index in [0.29, 0.717) is 16.8 Å². The van der Waals surface area contributed by atoms with Crippen molar-refractivity contribution in [1.82, 2.24) is 4.98 Å². The van der Waals surface area contributed by atoms with Crippen molar-refractivity contribution < 1.29 is 18.0 Å². The molecule has 0 aliphatic carbocycles. The van der Waals surface area contributed by atoms with E-state index in [0.717, 1.165) is 34.9 Å². The summed E-state index contributed by atoms with van der Waals surface area (Å²) in [4.78, 5) is 14.8. The summed E-state index contributed by atoms with van der Waals surface area (Å²) in [6.45, 7) is 4.10. The predicted molar refractivity (Wildman–Crippen MR) is 88.2 cm³/mol. The van der Waals surface area contributed by atoms with Crippen molar-refractivity contribution in [1.29, 1.82) is 0 Å². The molecule has 5 heteroatoms. The van der Waals surface area contributed by atoms with Gasteiger partial charge in [-0.3, -0.25) is 4.79 Å². The number of aromatic amines is 1. The molecule has 0 unspecified atom stereocenters. The summed E-state index contributed by atoms with van der Waals surface area (Å²) in [5.74, 6) is 0.257. The van der Waals surface area contributed by atoms with E-state index < -0.39 is 11.7 Å². The molecule has 0 aliphatic heterocycles. The molecule has 0 fully saturated rings. The number of nitrogens with one attached hydrogen (secondary N) is 1. The number of H-pyrrole nitrogens is 1. The molecule has 2 nitrogen and oxygen atoms in total. The number of aromatic nitrogens is 1. The van der Waals surface area contributed by atoms with Gasteiger partial charge >= 0.3 is 6.18 Å². The lowest BCUT2D eigenvalue weighted by Crippen LogP contribution is -2.04. The lowest BCUT2D eigenvalue weighted by molar-refractivity contribution is -0.137. The molecule has 1 N–H and O–H groups in total. The molecular weight excluding hydrogens is 315 g/mol. The number of benzene rings is 2. The zero-order valence-corrected chi connectivity index (χ0v) is 13.2. The van der Waals surface area contributed by atoms with E-state index in [4.69, 9.17) is 0 Å². The number of halogens is 3. The van der Waals surface area contributed by atoms with Gasteiger partial charge in [-0.1, -0.05) is 44.2 Å². The lowest BCUT2D eigenvalue weighted by Gasteiger charge is -2.07. The fourth-order valence-corrected chi connectivity index (χ4v) is 2.92.